The monoisotopic (exact) mass is 397 g/mol. The molecule has 1 aliphatic heterocycles. The molecule has 0 bridgehead atoms. The van der Waals surface area contributed by atoms with Crippen LogP contribution in [0.2, 0.25) is 0 Å². The first-order chi connectivity index (χ1) is 13.3. The molecule has 2 N–H and O–H groups in total. The Balaban J connectivity index is 1.59. The number of ether oxygens (including phenoxy) is 1. The van der Waals surface area contributed by atoms with Crippen LogP contribution in [0.5, 0.6) is 5.75 Å². The number of benzene rings is 1. The minimum Gasteiger partial charge on any atom is -0.484 e. The Morgan fingerprint density at radius 3 is 2.82 bits per heavy atom. The highest BCUT2D eigenvalue weighted by molar-refractivity contribution is 5.90. The van der Waals surface area contributed by atoms with Crippen LogP contribution in [0.3, 0.4) is 0 Å². The summed E-state index contributed by atoms with van der Waals surface area (Å²) in [6, 6.07) is 6.03. The maximum absolute atomic E-state index is 12.3. The molecular formula is C18H22F3N5O2. The van der Waals surface area contributed by atoms with E-state index in [-0.39, 0.29) is 24.0 Å². The molecule has 1 amide bonds. The fourth-order valence-corrected chi connectivity index (χ4v) is 3.03. The van der Waals surface area contributed by atoms with Gasteiger partial charge in [0.25, 0.3) is 0 Å². The van der Waals surface area contributed by atoms with E-state index in [1.807, 2.05) is 0 Å². The molecule has 0 saturated carbocycles. The van der Waals surface area contributed by atoms with Crippen molar-refractivity contribution in [1.29, 1.82) is 0 Å². The van der Waals surface area contributed by atoms with Crippen LogP contribution in [-0.2, 0) is 18.3 Å². The molecule has 0 spiro atoms. The van der Waals surface area contributed by atoms with Gasteiger partial charge < -0.3 is 10.1 Å². The zero-order valence-electron chi connectivity index (χ0n) is 15.4. The molecule has 10 heteroatoms. The summed E-state index contributed by atoms with van der Waals surface area (Å²) in [6.45, 7) is 0.454. The fraction of sp³-hybridized carbons (Fsp3) is 0.500. The number of nitrogens with one attached hydrogen (secondary N) is 2. The summed E-state index contributed by atoms with van der Waals surface area (Å²) in [5.41, 5.74) is 0.540. The van der Waals surface area contributed by atoms with Crippen LogP contribution in [0.25, 0.3) is 0 Å². The van der Waals surface area contributed by atoms with Gasteiger partial charge in [0.1, 0.15) is 5.75 Å². The first-order valence-corrected chi connectivity index (χ1v) is 9.00. The third-order valence-corrected chi connectivity index (χ3v) is 4.40. The van der Waals surface area contributed by atoms with E-state index in [0.717, 1.165) is 25.9 Å². The minimum atomic E-state index is -4.41. The second-order valence-corrected chi connectivity index (χ2v) is 6.72. The molecule has 0 atom stereocenters. The van der Waals surface area contributed by atoms with Gasteiger partial charge in [-0.3, -0.25) is 10.1 Å². The number of alkyl halides is 3. The molecule has 2 aromatic rings. The Kier molecular flexibility index (Phi) is 6.18. The number of amides is 1. The van der Waals surface area contributed by atoms with Crippen molar-refractivity contribution in [2.24, 2.45) is 7.05 Å². The molecule has 3 rings (SSSR count). The van der Waals surface area contributed by atoms with Crippen LogP contribution >= 0.6 is 0 Å². The number of aromatic nitrogens is 3. The maximum Gasteiger partial charge on any atom is 0.422 e. The molecule has 0 radical (unpaired) electrons. The van der Waals surface area contributed by atoms with Crippen molar-refractivity contribution in [3.63, 3.8) is 0 Å². The lowest BCUT2D eigenvalue weighted by molar-refractivity contribution is -0.153. The van der Waals surface area contributed by atoms with Crippen LogP contribution in [0.1, 0.15) is 30.1 Å². The molecule has 1 saturated heterocycles. The number of anilines is 1. The normalized spacial score (nSPS) is 15.4. The molecule has 1 aliphatic rings. The molecule has 28 heavy (non-hydrogen) atoms. The van der Waals surface area contributed by atoms with Crippen molar-refractivity contribution in [3.05, 3.63) is 35.7 Å². The summed E-state index contributed by atoms with van der Waals surface area (Å²) in [4.78, 5) is 16.8. The molecule has 2 heterocycles. The van der Waals surface area contributed by atoms with Crippen LogP contribution in [0.4, 0.5) is 19.1 Å². The van der Waals surface area contributed by atoms with Gasteiger partial charge in [-0.25, -0.2) is 4.68 Å². The van der Waals surface area contributed by atoms with Gasteiger partial charge in [-0.1, -0.05) is 12.1 Å². The molecule has 152 valence electrons. The van der Waals surface area contributed by atoms with Crippen molar-refractivity contribution in [2.75, 3.05) is 25.0 Å². The van der Waals surface area contributed by atoms with Crippen LogP contribution in [0, 0.1) is 0 Å². The molecule has 0 aliphatic carbocycles. The molecular weight excluding hydrogens is 375 g/mol. The molecule has 7 nitrogen and oxygen atoms in total. The summed E-state index contributed by atoms with van der Waals surface area (Å²) >= 11 is 0. The number of aryl methyl sites for hydroxylation is 1. The highest BCUT2D eigenvalue weighted by Crippen LogP contribution is 2.23. The quantitative estimate of drug-likeness (QED) is 0.783. The van der Waals surface area contributed by atoms with E-state index in [9.17, 15) is 18.0 Å². The lowest BCUT2D eigenvalue weighted by Gasteiger charge is -2.19. The van der Waals surface area contributed by atoms with Gasteiger partial charge >= 0.3 is 6.18 Å². The van der Waals surface area contributed by atoms with Crippen molar-refractivity contribution in [3.8, 4) is 5.75 Å². The van der Waals surface area contributed by atoms with Gasteiger partial charge in [0.15, 0.2) is 12.4 Å². The Bertz CT molecular complexity index is 816. The van der Waals surface area contributed by atoms with Crippen LogP contribution < -0.4 is 15.4 Å². The summed E-state index contributed by atoms with van der Waals surface area (Å²) in [5, 5.41) is 10.4. The first kappa shape index (κ1) is 20.1. The number of rotatable bonds is 6. The summed E-state index contributed by atoms with van der Waals surface area (Å²) in [7, 11) is 1.71. The predicted molar refractivity (Wildman–Crippen MR) is 96.2 cm³/mol. The van der Waals surface area contributed by atoms with Gasteiger partial charge in [0.2, 0.25) is 11.9 Å². The van der Waals surface area contributed by atoms with E-state index < -0.39 is 12.8 Å². The second kappa shape index (κ2) is 8.59. The van der Waals surface area contributed by atoms with Gasteiger partial charge in [-0.05, 0) is 43.6 Å². The average Bonchev–Trinajstić information content (AvgIpc) is 3.01. The number of carbonyl (C=O) groups is 1. The highest BCUT2D eigenvalue weighted by Gasteiger charge is 2.28. The minimum absolute atomic E-state index is 0.0151. The van der Waals surface area contributed by atoms with E-state index in [0.29, 0.717) is 17.3 Å². The third kappa shape index (κ3) is 5.69. The number of nitrogens with zero attached hydrogens (tertiary/aromatic N) is 3. The molecule has 0 unspecified atom stereocenters. The van der Waals surface area contributed by atoms with E-state index in [2.05, 4.69) is 20.7 Å². The van der Waals surface area contributed by atoms with Gasteiger partial charge in [-0.2, -0.15) is 23.3 Å². The maximum atomic E-state index is 12.3. The van der Waals surface area contributed by atoms with E-state index in [4.69, 9.17) is 4.74 Å². The Morgan fingerprint density at radius 1 is 1.36 bits per heavy atom. The Labute approximate surface area is 160 Å². The smallest absolute Gasteiger partial charge is 0.422 e. The van der Waals surface area contributed by atoms with E-state index in [1.165, 1.54) is 16.8 Å². The van der Waals surface area contributed by atoms with Crippen molar-refractivity contribution < 1.29 is 22.7 Å². The van der Waals surface area contributed by atoms with Gasteiger partial charge in [0, 0.05) is 13.0 Å². The topological polar surface area (TPSA) is 81.1 Å². The highest BCUT2D eigenvalue weighted by atomic mass is 19.4. The zero-order chi connectivity index (χ0) is 20.1. The lowest BCUT2D eigenvalue weighted by Crippen LogP contribution is -2.27. The number of halogens is 3. The molecule has 1 aromatic carbocycles. The summed E-state index contributed by atoms with van der Waals surface area (Å²) < 4.78 is 43.0. The van der Waals surface area contributed by atoms with Crippen molar-refractivity contribution >= 4 is 11.9 Å². The Hall–Kier alpha value is -2.62. The number of piperidine rings is 1. The number of hydrogen-bond donors (Lipinski definition) is 2. The second-order valence-electron chi connectivity index (χ2n) is 6.72. The van der Waals surface area contributed by atoms with Crippen LogP contribution in [-0.4, -0.2) is 46.5 Å². The van der Waals surface area contributed by atoms with Crippen LogP contribution in [0.15, 0.2) is 24.3 Å². The van der Waals surface area contributed by atoms with Crippen molar-refractivity contribution in [2.45, 2.75) is 31.4 Å². The molecule has 1 fully saturated rings. The number of carbonyl (C=O) groups excluding carboxylic acids is 1. The number of hydrogen-bond acceptors (Lipinski definition) is 5. The van der Waals surface area contributed by atoms with Crippen molar-refractivity contribution in [1.82, 2.24) is 20.1 Å². The third-order valence-electron chi connectivity index (χ3n) is 4.40. The Morgan fingerprint density at radius 2 is 2.11 bits per heavy atom. The van der Waals surface area contributed by atoms with Gasteiger partial charge in [-0.15, -0.1) is 0 Å². The van der Waals surface area contributed by atoms with Gasteiger partial charge in [0.05, 0.1) is 6.42 Å². The van der Waals surface area contributed by atoms with E-state index in [1.54, 1.807) is 19.2 Å². The standard InChI is InChI=1S/C18H22F3N5O2/c1-26-17(24-16(25-26)13-5-7-22-8-6-13)23-15(27)10-12-3-2-4-14(9-12)28-11-18(19,20)21/h2-4,9,13,22H,5-8,10-11H2,1H3,(H,23,24,25,27). The van der Waals surface area contributed by atoms with E-state index >= 15 is 0 Å². The average molecular weight is 397 g/mol. The lowest BCUT2D eigenvalue weighted by atomic mass is 9.98. The SMILES string of the molecule is Cn1nc(C2CCNCC2)nc1NC(=O)Cc1cccc(OCC(F)(F)F)c1. The molecule has 1 aromatic heterocycles. The predicted octanol–water partition coefficient (Wildman–Crippen LogP) is 2.40. The summed E-state index contributed by atoms with van der Waals surface area (Å²) in [6.07, 6.45) is -2.53. The zero-order valence-corrected chi connectivity index (χ0v) is 15.4. The fourth-order valence-electron chi connectivity index (χ4n) is 3.03. The largest absolute Gasteiger partial charge is 0.484 e. The summed E-state index contributed by atoms with van der Waals surface area (Å²) in [5.74, 6) is 1.06. The first-order valence-electron chi connectivity index (χ1n) is 9.00.